The minimum Gasteiger partial charge on any atom is -0.351 e. The molecule has 0 spiro atoms. The van der Waals surface area contributed by atoms with Gasteiger partial charge in [-0.3, -0.25) is 9.52 Å². The van der Waals surface area contributed by atoms with E-state index in [0.717, 1.165) is 0 Å². The molecule has 2 N–H and O–H groups in total. The highest BCUT2D eigenvalue weighted by atomic mass is 32.2. The van der Waals surface area contributed by atoms with E-state index in [-0.39, 0.29) is 17.6 Å². The van der Waals surface area contributed by atoms with Gasteiger partial charge in [-0.15, -0.1) is 0 Å². The molecule has 6 heteroatoms. The van der Waals surface area contributed by atoms with Crippen molar-refractivity contribution >= 4 is 21.6 Å². The first kappa shape index (κ1) is 18.0. The summed E-state index contributed by atoms with van der Waals surface area (Å²) in [5, 5.41) is 2.90. The Bertz CT molecular complexity index is 772. The lowest BCUT2D eigenvalue weighted by atomic mass is 10.0. The van der Waals surface area contributed by atoms with Crippen LogP contribution in [0.25, 0.3) is 0 Å². The first-order valence-electron chi connectivity index (χ1n) is 7.85. The Morgan fingerprint density at radius 3 is 2.25 bits per heavy atom. The number of carbonyl (C=O) groups is 1. The molecule has 0 radical (unpaired) electrons. The van der Waals surface area contributed by atoms with Gasteiger partial charge in [0.25, 0.3) is 5.91 Å². The molecule has 0 bridgehead atoms. The molecule has 2 aromatic carbocycles. The molecule has 24 heavy (non-hydrogen) atoms. The van der Waals surface area contributed by atoms with Gasteiger partial charge in [0, 0.05) is 17.8 Å². The molecule has 1 atom stereocenters. The summed E-state index contributed by atoms with van der Waals surface area (Å²) in [5.41, 5.74) is 2.11. The molecule has 0 aliphatic heterocycles. The van der Waals surface area contributed by atoms with Crippen LogP contribution in [0.3, 0.4) is 0 Å². The van der Waals surface area contributed by atoms with Crippen LogP contribution in [0.15, 0.2) is 54.6 Å². The highest BCUT2D eigenvalue weighted by Crippen LogP contribution is 2.14. The van der Waals surface area contributed by atoms with Gasteiger partial charge in [-0.05, 0) is 42.7 Å². The summed E-state index contributed by atoms with van der Waals surface area (Å²) in [6, 6.07) is 16.4. The van der Waals surface area contributed by atoms with Crippen LogP contribution in [0, 0.1) is 0 Å². The van der Waals surface area contributed by atoms with Crippen LogP contribution in [0.5, 0.6) is 0 Å². The second-order valence-electron chi connectivity index (χ2n) is 5.60. The van der Waals surface area contributed by atoms with Crippen molar-refractivity contribution in [3.8, 4) is 0 Å². The van der Waals surface area contributed by atoms with Crippen LogP contribution >= 0.6 is 0 Å². The maximum atomic E-state index is 12.2. The standard InChI is InChI=1S/C18H22N2O3S/c1-3-24(22,23)20-17-11-9-16(10-12-17)18(21)19-13-14(2)15-7-5-4-6-8-15/h4-12,14,20H,3,13H2,1-2H3,(H,19,21)/t14-/m0/s1. The van der Waals surface area contributed by atoms with Gasteiger partial charge < -0.3 is 5.32 Å². The van der Waals surface area contributed by atoms with E-state index in [1.54, 1.807) is 31.2 Å². The van der Waals surface area contributed by atoms with Crippen LogP contribution < -0.4 is 10.0 Å². The van der Waals surface area contributed by atoms with Gasteiger partial charge in [0.15, 0.2) is 0 Å². The topological polar surface area (TPSA) is 75.3 Å². The molecule has 0 aromatic heterocycles. The lowest BCUT2D eigenvalue weighted by Gasteiger charge is -2.13. The minimum absolute atomic E-state index is 0.00656. The number of hydrogen-bond acceptors (Lipinski definition) is 3. The van der Waals surface area contributed by atoms with Crippen molar-refractivity contribution in [3.05, 3.63) is 65.7 Å². The molecule has 0 saturated carbocycles. The number of carbonyl (C=O) groups excluding carboxylic acids is 1. The maximum Gasteiger partial charge on any atom is 0.251 e. The third kappa shape index (κ3) is 5.09. The lowest BCUT2D eigenvalue weighted by molar-refractivity contribution is 0.0951. The Morgan fingerprint density at radius 2 is 1.67 bits per heavy atom. The summed E-state index contributed by atoms with van der Waals surface area (Å²) in [5.74, 6) is 0.0422. The number of sulfonamides is 1. The summed E-state index contributed by atoms with van der Waals surface area (Å²) < 4.78 is 25.5. The van der Waals surface area contributed by atoms with Crippen LogP contribution in [-0.4, -0.2) is 26.6 Å². The zero-order chi connectivity index (χ0) is 17.6. The quantitative estimate of drug-likeness (QED) is 0.809. The molecule has 0 unspecified atom stereocenters. The zero-order valence-electron chi connectivity index (χ0n) is 13.8. The van der Waals surface area contributed by atoms with E-state index >= 15 is 0 Å². The van der Waals surface area contributed by atoms with E-state index < -0.39 is 10.0 Å². The van der Waals surface area contributed by atoms with Gasteiger partial charge in [0.2, 0.25) is 10.0 Å². The Labute approximate surface area is 143 Å². The molecular formula is C18H22N2O3S. The number of nitrogens with one attached hydrogen (secondary N) is 2. The minimum atomic E-state index is -3.31. The van der Waals surface area contributed by atoms with Crippen molar-refractivity contribution in [1.29, 1.82) is 0 Å². The molecule has 0 aliphatic carbocycles. The maximum absolute atomic E-state index is 12.2. The van der Waals surface area contributed by atoms with Gasteiger partial charge in [0.05, 0.1) is 5.75 Å². The predicted octanol–water partition coefficient (Wildman–Crippen LogP) is 2.98. The van der Waals surface area contributed by atoms with Gasteiger partial charge in [0.1, 0.15) is 0 Å². The molecule has 2 aromatic rings. The Hall–Kier alpha value is -2.34. The van der Waals surface area contributed by atoms with Gasteiger partial charge >= 0.3 is 0 Å². The highest BCUT2D eigenvalue weighted by Gasteiger charge is 2.11. The van der Waals surface area contributed by atoms with Crippen molar-refractivity contribution < 1.29 is 13.2 Å². The van der Waals surface area contributed by atoms with E-state index in [1.165, 1.54) is 5.56 Å². The van der Waals surface area contributed by atoms with Crippen LogP contribution in [0.2, 0.25) is 0 Å². The molecule has 0 saturated heterocycles. The molecule has 5 nitrogen and oxygen atoms in total. The molecule has 2 rings (SSSR count). The van der Waals surface area contributed by atoms with Crippen LogP contribution in [-0.2, 0) is 10.0 Å². The Kier molecular flexibility index (Phi) is 5.98. The average Bonchev–Trinajstić information content (AvgIpc) is 2.60. The van der Waals surface area contributed by atoms with Crippen molar-refractivity contribution in [2.24, 2.45) is 0 Å². The average molecular weight is 346 g/mol. The summed E-state index contributed by atoms with van der Waals surface area (Å²) in [6.07, 6.45) is 0. The first-order chi connectivity index (χ1) is 11.4. The van der Waals surface area contributed by atoms with E-state index in [9.17, 15) is 13.2 Å². The smallest absolute Gasteiger partial charge is 0.251 e. The number of amides is 1. The number of anilines is 1. The molecule has 128 valence electrons. The Morgan fingerprint density at radius 1 is 1.04 bits per heavy atom. The first-order valence-corrected chi connectivity index (χ1v) is 9.50. The van der Waals surface area contributed by atoms with E-state index in [2.05, 4.69) is 17.0 Å². The number of rotatable bonds is 7. The lowest BCUT2D eigenvalue weighted by Crippen LogP contribution is -2.27. The Balaban J connectivity index is 1.93. The fraction of sp³-hybridized carbons (Fsp3) is 0.278. The van der Waals surface area contributed by atoms with Crippen molar-refractivity contribution in [2.75, 3.05) is 17.0 Å². The van der Waals surface area contributed by atoms with Crippen molar-refractivity contribution in [2.45, 2.75) is 19.8 Å². The highest BCUT2D eigenvalue weighted by molar-refractivity contribution is 7.92. The normalized spacial score (nSPS) is 12.4. The molecule has 0 heterocycles. The van der Waals surface area contributed by atoms with E-state index in [1.807, 2.05) is 30.3 Å². The number of benzene rings is 2. The zero-order valence-corrected chi connectivity index (χ0v) is 14.6. The second-order valence-corrected chi connectivity index (χ2v) is 7.62. The monoisotopic (exact) mass is 346 g/mol. The SMILES string of the molecule is CCS(=O)(=O)Nc1ccc(C(=O)NC[C@H](C)c2ccccc2)cc1. The summed E-state index contributed by atoms with van der Waals surface area (Å²) in [6.45, 7) is 4.16. The third-order valence-electron chi connectivity index (χ3n) is 3.74. The van der Waals surface area contributed by atoms with E-state index in [4.69, 9.17) is 0 Å². The second kappa shape index (κ2) is 7.97. The summed E-state index contributed by atoms with van der Waals surface area (Å²) >= 11 is 0. The third-order valence-corrected chi connectivity index (χ3v) is 5.04. The van der Waals surface area contributed by atoms with Crippen molar-refractivity contribution in [3.63, 3.8) is 0 Å². The number of hydrogen-bond donors (Lipinski definition) is 2. The summed E-state index contributed by atoms with van der Waals surface area (Å²) in [7, 11) is -3.31. The van der Waals surface area contributed by atoms with Gasteiger partial charge in [-0.1, -0.05) is 37.3 Å². The van der Waals surface area contributed by atoms with E-state index in [0.29, 0.717) is 17.8 Å². The fourth-order valence-corrected chi connectivity index (χ4v) is 2.83. The van der Waals surface area contributed by atoms with Crippen LogP contribution in [0.4, 0.5) is 5.69 Å². The summed E-state index contributed by atoms with van der Waals surface area (Å²) in [4.78, 5) is 12.2. The van der Waals surface area contributed by atoms with Gasteiger partial charge in [-0.25, -0.2) is 8.42 Å². The fourth-order valence-electron chi connectivity index (χ4n) is 2.19. The molecular weight excluding hydrogens is 324 g/mol. The van der Waals surface area contributed by atoms with Crippen LogP contribution in [0.1, 0.15) is 35.7 Å². The van der Waals surface area contributed by atoms with Gasteiger partial charge in [-0.2, -0.15) is 0 Å². The van der Waals surface area contributed by atoms with Crippen molar-refractivity contribution in [1.82, 2.24) is 5.32 Å². The predicted molar refractivity (Wildman–Crippen MR) is 96.7 cm³/mol. The molecule has 1 amide bonds. The largest absolute Gasteiger partial charge is 0.351 e. The molecule has 0 fully saturated rings. The molecule has 0 aliphatic rings.